The molecular weight excluding hydrogens is 266 g/mol. The Morgan fingerprint density at radius 2 is 1.95 bits per heavy atom. The maximum Gasteiger partial charge on any atom is 0.182 e. The number of hydrogen-bond acceptors (Lipinski definition) is 2. The SMILES string of the molecule is Cc1ccc(-n2c(=S)[nH]c3ccc(C#N)cc32)c(C)c1. The highest BCUT2D eigenvalue weighted by atomic mass is 32.1. The van der Waals surface area contributed by atoms with Gasteiger partial charge in [0.15, 0.2) is 4.77 Å². The molecule has 0 saturated carbocycles. The molecule has 1 aromatic heterocycles. The minimum Gasteiger partial charge on any atom is -0.330 e. The lowest BCUT2D eigenvalue weighted by atomic mass is 10.1. The first kappa shape index (κ1) is 12.6. The highest BCUT2D eigenvalue weighted by Crippen LogP contribution is 2.23. The number of aryl methyl sites for hydroxylation is 2. The number of benzene rings is 2. The van der Waals surface area contributed by atoms with Crippen LogP contribution in [0.4, 0.5) is 0 Å². The lowest BCUT2D eigenvalue weighted by Gasteiger charge is -2.09. The minimum atomic E-state index is 0.630. The zero-order chi connectivity index (χ0) is 14.3. The van der Waals surface area contributed by atoms with Gasteiger partial charge in [0.2, 0.25) is 0 Å². The van der Waals surface area contributed by atoms with Crippen molar-refractivity contribution in [1.29, 1.82) is 5.26 Å². The number of aromatic nitrogens is 2. The topological polar surface area (TPSA) is 44.5 Å². The second-order valence-corrected chi connectivity index (χ2v) is 5.29. The van der Waals surface area contributed by atoms with Crippen LogP contribution in [-0.4, -0.2) is 9.55 Å². The predicted molar refractivity (Wildman–Crippen MR) is 82.6 cm³/mol. The molecule has 1 heterocycles. The number of hydrogen-bond donors (Lipinski definition) is 1. The fraction of sp³-hybridized carbons (Fsp3) is 0.125. The van der Waals surface area contributed by atoms with Crippen molar-refractivity contribution < 1.29 is 0 Å². The van der Waals surface area contributed by atoms with Crippen LogP contribution in [0.15, 0.2) is 36.4 Å². The summed E-state index contributed by atoms with van der Waals surface area (Å²) in [5, 5.41) is 9.06. The van der Waals surface area contributed by atoms with Gasteiger partial charge >= 0.3 is 0 Å². The van der Waals surface area contributed by atoms with Crippen molar-refractivity contribution in [3.05, 3.63) is 57.9 Å². The van der Waals surface area contributed by atoms with E-state index in [1.54, 1.807) is 6.07 Å². The first-order valence-corrected chi connectivity index (χ1v) is 6.73. The van der Waals surface area contributed by atoms with Crippen LogP contribution in [0.5, 0.6) is 0 Å². The summed E-state index contributed by atoms with van der Waals surface area (Å²) in [6.45, 7) is 4.14. The molecule has 0 saturated heterocycles. The normalized spacial score (nSPS) is 10.7. The minimum absolute atomic E-state index is 0.630. The highest BCUT2D eigenvalue weighted by Gasteiger charge is 2.09. The van der Waals surface area contributed by atoms with Gasteiger partial charge in [-0.05, 0) is 55.9 Å². The Hall–Kier alpha value is -2.38. The van der Waals surface area contributed by atoms with Gasteiger partial charge in [-0.25, -0.2) is 0 Å². The first-order valence-electron chi connectivity index (χ1n) is 6.32. The van der Waals surface area contributed by atoms with Gasteiger partial charge < -0.3 is 4.98 Å². The Labute approximate surface area is 122 Å². The van der Waals surface area contributed by atoms with Crippen LogP contribution in [0, 0.1) is 29.9 Å². The van der Waals surface area contributed by atoms with E-state index in [0.717, 1.165) is 22.3 Å². The third-order valence-electron chi connectivity index (χ3n) is 3.41. The molecule has 3 aromatic rings. The smallest absolute Gasteiger partial charge is 0.182 e. The van der Waals surface area contributed by atoms with E-state index in [-0.39, 0.29) is 0 Å². The fourth-order valence-corrected chi connectivity index (χ4v) is 2.77. The predicted octanol–water partition coefficient (Wildman–Crippen LogP) is 4.18. The Bertz CT molecular complexity index is 910. The quantitative estimate of drug-likeness (QED) is 0.679. The highest BCUT2D eigenvalue weighted by molar-refractivity contribution is 7.71. The van der Waals surface area contributed by atoms with E-state index in [9.17, 15) is 0 Å². The van der Waals surface area contributed by atoms with Gasteiger partial charge in [0, 0.05) is 0 Å². The van der Waals surface area contributed by atoms with Gasteiger partial charge in [-0.15, -0.1) is 0 Å². The summed E-state index contributed by atoms with van der Waals surface area (Å²) < 4.78 is 2.63. The van der Waals surface area contributed by atoms with Gasteiger partial charge in [-0.3, -0.25) is 4.57 Å². The summed E-state index contributed by atoms with van der Waals surface area (Å²) in [4.78, 5) is 3.19. The Morgan fingerprint density at radius 3 is 2.65 bits per heavy atom. The second kappa shape index (κ2) is 4.62. The molecule has 20 heavy (non-hydrogen) atoms. The van der Waals surface area contributed by atoms with E-state index in [2.05, 4.69) is 43.1 Å². The van der Waals surface area contributed by atoms with Gasteiger partial charge in [-0.2, -0.15) is 5.26 Å². The van der Waals surface area contributed by atoms with E-state index in [1.165, 1.54) is 5.56 Å². The number of nitrogens with one attached hydrogen (secondary N) is 1. The summed E-state index contributed by atoms with van der Waals surface area (Å²) >= 11 is 5.43. The van der Waals surface area contributed by atoms with Gasteiger partial charge in [0.1, 0.15) is 0 Å². The number of nitriles is 1. The Balaban J connectivity index is 2.38. The van der Waals surface area contributed by atoms with E-state index >= 15 is 0 Å². The molecule has 1 N–H and O–H groups in total. The molecule has 3 nitrogen and oxygen atoms in total. The molecule has 0 radical (unpaired) electrons. The zero-order valence-corrected chi connectivity index (χ0v) is 12.1. The molecule has 0 spiro atoms. The standard InChI is InChI=1S/C16H13N3S/c1-10-3-6-14(11(2)7-10)19-15-8-12(9-17)4-5-13(15)18-16(19)20/h3-8H,1-2H3,(H,18,20). The third kappa shape index (κ3) is 1.93. The van der Waals surface area contributed by atoms with E-state index in [4.69, 9.17) is 17.5 Å². The molecule has 3 rings (SSSR count). The van der Waals surface area contributed by atoms with Crippen molar-refractivity contribution in [2.75, 3.05) is 0 Å². The molecule has 0 fully saturated rings. The molecular formula is C16H13N3S. The largest absolute Gasteiger partial charge is 0.330 e. The van der Waals surface area contributed by atoms with Crippen LogP contribution in [-0.2, 0) is 0 Å². The number of aromatic amines is 1. The van der Waals surface area contributed by atoms with Crippen LogP contribution < -0.4 is 0 Å². The number of imidazole rings is 1. The van der Waals surface area contributed by atoms with Gasteiger partial charge in [0.25, 0.3) is 0 Å². The molecule has 98 valence electrons. The average molecular weight is 279 g/mol. The number of rotatable bonds is 1. The molecule has 0 aliphatic rings. The molecule has 0 unspecified atom stereocenters. The lowest BCUT2D eigenvalue weighted by Crippen LogP contribution is -1.97. The Kier molecular flexibility index (Phi) is 2.92. The van der Waals surface area contributed by atoms with E-state index < -0.39 is 0 Å². The van der Waals surface area contributed by atoms with Gasteiger partial charge in [-0.1, -0.05) is 17.7 Å². The van der Waals surface area contributed by atoms with Crippen molar-refractivity contribution >= 4 is 23.3 Å². The maximum absolute atomic E-state index is 9.06. The molecule has 0 bridgehead atoms. The van der Waals surface area contributed by atoms with Crippen molar-refractivity contribution in [2.45, 2.75) is 13.8 Å². The molecule has 2 aromatic carbocycles. The molecule has 0 amide bonds. The summed E-state index contributed by atoms with van der Waals surface area (Å²) in [5.41, 5.74) is 5.92. The number of H-pyrrole nitrogens is 1. The van der Waals surface area contributed by atoms with Crippen LogP contribution in [0.25, 0.3) is 16.7 Å². The van der Waals surface area contributed by atoms with Crippen molar-refractivity contribution in [1.82, 2.24) is 9.55 Å². The van der Waals surface area contributed by atoms with Crippen molar-refractivity contribution in [3.63, 3.8) is 0 Å². The summed E-state index contributed by atoms with van der Waals surface area (Å²) in [7, 11) is 0. The average Bonchev–Trinajstić information content (AvgIpc) is 2.74. The zero-order valence-electron chi connectivity index (χ0n) is 11.3. The first-order chi connectivity index (χ1) is 9.60. The summed E-state index contributed by atoms with van der Waals surface area (Å²) in [6, 6.07) is 14.0. The van der Waals surface area contributed by atoms with Gasteiger partial charge in [0.05, 0.1) is 28.4 Å². The Morgan fingerprint density at radius 1 is 1.15 bits per heavy atom. The van der Waals surface area contributed by atoms with Crippen LogP contribution >= 0.6 is 12.2 Å². The summed E-state index contributed by atoms with van der Waals surface area (Å²) in [5.74, 6) is 0. The fourth-order valence-electron chi connectivity index (χ4n) is 2.47. The lowest BCUT2D eigenvalue weighted by molar-refractivity contribution is 1.05. The van der Waals surface area contributed by atoms with Crippen LogP contribution in [0.1, 0.15) is 16.7 Å². The molecule has 0 atom stereocenters. The summed E-state index contributed by atoms with van der Waals surface area (Å²) in [6.07, 6.45) is 0. The van der Waals surface area contributed by atoms with E-state index in [0.29, 0.717) is 10.3 Å². The van der Waals surface area contributed by atoms with E-state index in [1.807, 2.05) is 16.7 Å². The number of nitrogens with zero attached hydrogens (tertiary/aromatic N) is 2. The van der Waals surface area contributed by atoms with Crippen LogP contribution in [0.2, 0.25) is 0 Å². The maximum atomic E-state index is 9.06. The van der Waals surface area contributed by atoms with Crippen molar-refractivity contribution in [2.24, 2.45) is 0 Å². The third-order valence-corrected chi connectivity index (χ3v) is 3.69. The second-order valence-electron chi connectivity index (χ2n) is 4.90. The van der Waals surface area contributed by atoms with Crippen molar-refractivity contribution in [3.8, 4) is 11.8 Å². The molecule has 0 aliphatic heterocycles. The monoisotopic (exact) mass is 279 g/mol. The molecule has 4 heteroatoms. The van der Waals surface area contributed by atoms with Crippen LogP contribution in [0.3, 0.4) is 0 Å². The molecule has 0 aliphatic carbocycles. The number of fused-ring (bicyclic) bond motifs is 1.